The van der Waals surface area contributed by atoms with Gasteiger partial charge in [0, 0.05) is 23.5 Å². The van der Waals surface area contributed by atoms with E-state index in [0.717, 1.165) is 6.07 Å². The average molecular weight is 252 g/mol. The first-order chi connectivity index (χ1) is 8.49. The monoisotopic (exact) mass is 252 g/mol. The maximum Gasteiger partial charge on any atom is 0.182 e. The molecule has 0 aromatic heterocycles. The molecule has 0 heterocycles. The number of nitrogens with two attached hydrogens (primary N) is 1. The summed E-state index contributed by atoms with van der Waals surface area (Å²) in [7, 11) is 0. The molecule has 2 nitrogen and oxygen atoms in total. The van der Waals surface area contributed by atoms with Crippen molar-refractivity contribution in [2.24, 2.45) is 0 Å². The number of hydrogen-bond acceptors (Lipinski definition) is 2. The van der Waals surface area contributed by atoms with Crippen molar-refractivity contribution in [1.29, 1.82) is 0 Å². The van der Waals surface area contributed by atoms with Gasteiger partial charge in [-0.25, -0.2) is 13.2 Å². The maximum atomic E-state index is 13.5. The first-order valence-electron chi connectivity index (χ1n) is 5.25. The lowest BCUT2D eigenvalue weighted by atomic mass is 10.1. The SMILES string of the molecule is Cc1c(N)cccc1Nc1cc(F)cc(F)c1F. The summed E-state index contributed by atoms with van der Waals surface area (Å²) in [5.41, 5.74) is 7.12. The molecule has 2 aromatic rings. The van der Waals surface area contributed by atoms with Crippen LogP contribution in [0.4, 0.5) is 30.2 Å². The molecule has 3 N–H and O–H groups in total. The normalized spacial score (nSPS) is 10.4. The largest absolute Gasteiger partial charge is 0.398 e. The molecular formula is C13H11F3N2. The van der Waals surface area contributed by atoms with Gasteiger partial charge in [0.05, 0.1) is 5.69 Å². The fourth-order valence-corrected chi connectivity index (χ4v) is 1.58. The lowest BCUT2D eigenvalue weighted by molar-refractivity contribution is 0.498. The van der Waals surface area contributed by atoms with Crippen LogP contribution in [0.1, 0.15) is 5.56 Å². The molecule has 0 atom stereocenters. The summed E-state index contributed by atoms with van der Waals surface area (Å²) in [5.74, 6) is -3.21. The van der Waals surface area contributed by atoms with E-state index in [1.54, 1.807) is 25.1 Å². The van der Waals surface area contributed by atoms with Crippen LogP contribution in [0.3, 0.4) is 0 Å². The molecule has 0 aliphatic carbocycles. The summed E-state index contributed by atoms with van der Waals surface area (Å²) in [6.45, 7) is 1.73. The first-order valence-corrected chi connectivity index (χ1v) is 5.25. The van der Waals surface area contributed by atoms with Gasteiger partial charge in [-0.3, -0.25) is 0 Å². The predicted octanol–water partition coefficient (Wildman–Crippen LogP) is 3.74. The first kappa shape index (κ1) is 12.3. The zero-order valence-electron chi connectivity index (χ0n) is 9.60. The van der Waals surface area contributed by atoms with Crippen molar-refractivity contribution in [3.8, 4) is 0 Å². The number of rotatable bonds is 2. The van der Waals surface area contributed by atoms with E-state index in [0.29, 0.717) is 23.0 Å². The minimum absolute atomic E-state index is 0.263. The highest BCUT2D eigenvalue weighted by atomic mass is 19.2. The Kier molecular flexibility index (Phi) is 3.14. The summed E-state index contributed by atoms with van der Waals surface area (Å²) in [5, 5.41) is 2.63. The molecule has 2 rings (SSSR count). The van der Waals surface area contributed by atoms with Gasteiger partial charge >= 0.3 is 0 Å². The lowest BCUT2D eigenvalue weighted by Crippen LogP contribution is -2.01. The van der Waals surface area contributed by atoms with Crippen LogP contribution in [0.2, 0.25) is 0 Å². The van der Waals surface area contributed by atoms with Gasteiger partial charge in [0.2, 0.25) is 0 Å². The second-order valence-corrected chi connectivity index (χ2v) is 3.89. The predicted molar refractivity (Wildman–Crippen MR) is 65.2 cm³/mol. The van der Waals surface area contributed by atoms with Crippen molar-refractivity contribution in [3.63, 3.8) is 0 Å². The third-order valence-electron chi connectivity index (χ3n) is 2.64. The van der Waals surface area contributed by atoms with Gasteiger partial charge in [-0.1, -0.05) is 6.07 Å². The number of nitrogens with one attached hydrogen (secondary N) is 1. The zero-order valence-corrected chi connectivity index (χ0v) is 9.60. The van der Waals surface area contributed by atoms with Gasteiger partial charge in [0.25, 0.3) is 0 Å². The van der Waals surface area contributed by atoms with E-state index in [2.05, 4.69) is 5.32 Å². The van der Waals surface area contributed by atoms with Gasteiger partial charge in [-0.2, -0.15) is 0 Å². The summed E-state index contributed by atoms with van der Waals surface area (Å²) >= 11 is 0. The van der Waals surface area contributed by atoms with Crippen molar-refractivity contribution in [3.05, 3.63) is 53.3 Å². The third kappa shape index (κ3) is 2.25. The van der Waals surface area contributed by atoms with E-state index in [-0.39, 0.29) is 5.69 Å². The number of hydrogen-bond donors (Lipinski definition) is 2. The van der Waals surface area contributed by atoms with Crippen LogP contribution in [-0.4, -0.2) is 0 Å². The zero-order chi connectivity index (χ0) is 13.3. The van der Waals surface area contributed by atoms with E-state index in [1.165, 1.54) is 0 Å². The highest BCUT2D eigenvalue weighted by molar-refractivity contribution is 5.69. The quantitative estimate of drug-likeness (QED) is 0.631. The molecule has 0 aliphatic heterocycles. The van der Waals surface area contributed by atoms with E-state index < -0.39 is 17.5 Å². The Morgan fingerprint density at radius 1 is 1.06 bits per heavy atom. The van der Waals surface area contributed by atoms with Crippen LogP contribution in [0.15, 0.2) is 30.3 Å². The van der Waals surface area contributed by atoms with Crippen molar-refractivity contribution in [2.45, 2.75) is 6.92 Å². The molecule has 2 aromatic carbocycles. The van der Waals surface area contributed by atoms with Crippen LogP contribution in [0.5, 0.6) is 0 Å². The van der Waals surface area contributed by atoms with E-state index >= 15 is 0 Å². The van der Waals surface area contributed by atoms with Crippen molar-refractivity contribution in [2.75, 3.05) is 11.1 Å². The highest BCUT2D eigenvalue weighted by Gasteiger charge is 2.12. The Hall–Kier alpha value is -2.17. The summed E-state index contributed by atoms with van der Waals surface area (Å²) in [4.78, 5) is 0. The molecule has 0 saturated carbocycles. The number of anilines is 3. The smallest absolute Gasteiger partial charge is 0.182 e. The summed E-state index contributed by atoms with van der Waals surface area (Å²) in [6, 6.07) is 6.38. The van der Waals surface area contributed by atoms with Crippen LogP contribution >= 0.6 is 0 Å². The van der Waals surface area contributed by atoms with Crippen molar-refractivity contribution < 1.29 is 13.2 Å². The molecule has 5 heteroatoms. The minimum Gasteiger partial charge on any atom is -0.398 e. The van der Waals surface area contributed by atoms with Crippen LogP contribution in [-0.2, 0) is 0 Å². The third-order valence-corrected chi connectivity index (χ3v) is 2.64. The number of halogens is 3. The van der Waals surface area contributed by atoms with Gasteiger partial charge in [0.15, 0.2) is 11.6 Å². The van der Waals surface area contributed by atoms with Gasteiger partial charge in [-0.15, -0.1) is 0 Å². The van der Waals surface area contributed by atoms with Gasteiger partial charge in [0.1, 0.15) is 5.82 Å². The van der Waals surface area contributed by atoms with Crippen LogP contribution < -0.4 is 11.1 Å². The molecule has 0 spiro atoms. The van der Waals surface area contributed by atoms with Gasteiger partial charge < -0.3 is 11.1 Å². The van der Waals surface area contributed by atoms with Gasteiger partial charge in [-0.05, 0) is 24.6 Å². The maximum absolute atomic E-state index is 13.5. The number of nitrogen functional groups attached to an aromatic ring is 1. The van der Waals surface area contributed by atoms with Crippen LogP contribution in [0.25, 0.3) is 0 Å². The fraction of sp³-hybridized carbons (Fsp3) is 0.0769. The molecular weight excluding hydrogens is 241 g/mol. The minimum atomic E-state index is -1.24. The summed E-state index contributed by atoms with van der Waals surface area (Å²) in [6.07, 6.45) is 0. The Morgan fingerprint density at radius 3 is 2.50 bits per heavy atom. The Balaban J connectivity index is 2.43. The second kappa shape index (κ2) is 4.60. The standard InChI is InChI=1S/C13H11F3N2/c1-7-10(17)3-2-4-11(7)18-12-6-8(14)5-9(15)13(12)16/h2-6,18H,17H2,1H3. The molecule has 0 fully saturated rings. The highest BCUT2D eigenvalue weighted by Crippen LogP contribution is 2.27. The molecule has 0 amide bonds. The molecule has 0 unspecified atom stereocenters. The molecule has 18 heavy (non-hydrogen) atoms. The van der Waals surface area contributed by atoms with Crippen molar-refractivity contribution in [1.82, 2.24) is 0 Å². The van der Waals surface area contributed by atoms with E-state index in [1.807, 2.05) is 0 Å². The topological polar surface area (TPSA) is 38.0 Å². The van der Waals surface area contributed by atoms with E-state index in [4.69, 9.17) is 5.73 Å². The Morgan fingerprint density at radius 2 is 1.78 bits per heavy atom. The van der Waals surface area contributed by atoms with E-state index in [9.17, 15) is 13.2 Å². The molecule has 94 valence electrons. The van der Waals surface area contributed by atoms with Crippen molar-refractivity contribution >= 4 is 17.1 Å². The van der Waals surface area contributed by atoms with Crippen LogP contribution in [0, 0.1) is 24.4 Å². The lowest BCUT2D eigenvalue weighted by Gasteiger charge is -2.12. The molecule has 0 aliphatic rings. The molecule has 0 saturated heterocycles. The second-order valence-electron chi connectivity index (χ2n) is 3.89. The Labute approximate surface area is 102 Å². The number of benzene rings is 2. The average Bonchev–Trinajstić information content (AvgIpc) is 2.31. The molecule has 0 radical (unpaired) electrons. The molecule has 0 bridgehead atoms. The fourth-order valence-electron chi connectivity index (χ4n) is 1.58. The Bertz CT molecular complexity index is 597. The summed E-state index contributed by atoms with van der Waals surface area (Å²) < 4.78 is 39.5.